The number of hydrogen-bond donors (Lipinski definition) is 1. The molecule has 2 rings (SSSR count). The smallest absolute Gasteiger partial charge is 0.305 e. The number of pyridine rings is 1. The highest BCUT2D eigenvalue weighted by molar-refractivity contribution is 7.91. The summed E-state index contributed by atoms with van der Waals surface area (Å²) in [5.41, 5.74) is 0.866. The van der Waals surface area contributed by atoms with Gasteiger partial charge in [-0.15, -0.1) is 0 Å². The lowest BCUT2D eigenvalue weighted by molar-refractivity contribution is -0.138. The molecule has 0 aromatic carbocycles. The minimum atomic E-state index is -3.31. The molecule has 7 nitrogen and oxygen atoms in total. The topological polar surface area (TPSA) is 105 Å². The van der Waals surface area contributed by atoms with Crippen LogP contribution in [0.4, 0.5) is 0 Å². The molecule has 1 aliphatic rings. The molecule has 1 unspecified atom stereocenters. The number of hydrogen-bond acceptors (Lipinski definition) is 5. The molecule has 114 valence electrons. The molecule has 1 aromatic heterocycles. The quantitative estimate of drug-likeness (QED) is 0.849. The Kier molecular flexibility index (Phi) is 4.26. The minimum absolute atomic E-state index is 0.00522. The summed E-state index contributed by atoms with van der Waals surface area (Å²) in [6.45, 7) is 1.74. The van der Waals surface area contributed by atoms with Crippen LogP contribution >= 0.6 is 0 Å². The van der Waals surface area contributed by atoms with E-state index >= 15 is 0 Å². The van der Waals surface area contributed by atoms with Crippen LogP contribution < -0.4 is 0 Å². The van der Waals surface area contributed by atoms with Gasteiger partial charge in [0.25, 0.3) is 5.91 Å². The van der Waals surface area contributed by atoms with Crippen molar-refractivity contribution in [1.82, 2.24) is 9.88 Å². The van der Waals surface area contributed by atoms with Crippen LogP contribution in [0.15, 0.2) is 18.2 Å². The van der Waals surface area contributed by atoms with Crippen molar-refractivity contribution < 1.29 is 23.1 Å². The molecule has 0 radical (unpaired) electrons. The van der Waals surface area contributed by atoms with Gasteiger partial charge in [0.05, 0.1) is 24.0 Å². The van der Waals surface area contributed by atoms with E-state index in [1.54, 1.807) is 19.1 Å². The molecule has 1 saturated heterocycles. The number of carboxylic acids is 1. The van der Waals surface area contributed by atoms with Crippen LogP contribution in [-0.4, -0.2) is 59.4 Å². The summed E-state index contributed by atoms with van der Waals surface area (Å²) in [6, 6.07) is 4.11. The van der Waals surface area contributed by atoms with E-state index in [9.17, 15) is 18.0 Å². The molecular formula is C13H16N2O5S. The molecule has 1 atom stereocenters. The third-order valence-electron chi connectivity index (χ3n) is 3.31. The van der Waals surface area contributed by atoms with E-state index in [1.165, 1.54) is 11.0 Å². The highest BCUT2D eigenvalue weighted by Gasteiger charge is 2.36. The maximum Gasteiger partial charge on any atom is 0.305 e. The van der Waals surface area contributed by atoms with E-state index in [0.29, 0.717) is 5.69 Å². The van der Waals surface area contributed by atoms with Crippen LogP contribution in [0.2, 0.25) is 0 Å². The fourth-order valence-corrected chi connectivity index (χ4v) is 3.86. The highest BCUT2D eigenvalue weighted by atomic mass is 32.2. The standard InChI is InChI=1S/C13H16N2O5S/c1-9-3-2-4-11(14-9)13(18)15-5-6-21(19,20)8-10(15)7-12(16)17/h2-4,10H,5-8H2,1H3,(H,16,17). The first kappa shape index (κ1) is 15.4. The molecule has 1 N–H and O–H groups in total. The van der Waals surface area contributed by atoms with Crippen molar-refractivity contribution >= 4 is 21.7 Å². The zero-order valence-electron chi connectivity index (χ0n) is 11.5. The van der Waals surface area contributed by atoms with Crippen LogP contribution in [-0.2, 0) is 14.6 Å². The number of rotatable bonds is 3. The minimum Gasteiger partial charge on any atom is -0.481 e. The molecule has 8 heteroatoms. The number of nitrogens with zero attached hydrogens (tertiary/aromatic N) is 2. The van der Waals surface area contributed by atoms with Crippen molar-refractivity contribution in [2.75, 3.05) is 18.1 Å². The normalized spacial score (nSPS) is 21.0. The number of aryl methyl sites for hydroxylation is 1. The van der Waals surface area contributed by atoms with E-state index < -0.39 is 34.2 Å². The van der Waals surface area contributed by atoms with E-state index in [4.69, 9.17) is 5.11 Å². The van der Waals surface area contributed by atoms with Gasteiger partial charge in [0.2, 0.25) is 0 Å². The second-order valence-electron chi connectivity index (χ2n) is 5.03. The predicted octanol–water partition coefficient (Wildman–Crippen LogP) is 0.104. The van der Waals surface area contributed by atoms with Gasteiger partial charge in [-0.2, -0.15) is 0 Å². The maximum absolute atomic E-state index is 12.4. The van der Waals surface area contributed by atoms with Crippen LogP contribution in [0.5, 0.6) is 0 Å². The summed E-state index contributed by atoms with van der Waals surface area (Å²) >= 11 is 0. The van der Waals surface area contributed by atoms with Gasteiger partial charge in [-0.1, -0.05) is 6.07 Å². The summed E-state index contributed by atoms with van der Waals surface area (Å²) in [5, 5.41) is 8.90. The molecular weight excluding hydrogens is 296 g/mol. The third-order valence-corrected chi connectivity index (χ3v) is 5.01. The van der Waals surface area contributed by atoms with Crippen LogP contribution in [0.25, 0.3) is 0 Å². The highest BCUT2D eigenvalue weighted by Crippen LogP contribution is 2.17. The Bertz CT molecular complexity index is 671. The Morgan fingerprint density at radius 2 is 2.14 bits per heavy atom. The lowest BCUT2D eigenvalue weighted by Crippen LogP contribution is -2.52. The lowest BCUT2D eigenvalue weighted by atomic mass is 10.1. The Morgan fingerprint density at radius 1 is 1.43 bits per heavy atom. The second kappa shape index (κ2) is 5.80. The van der Waals surface area contributed by atoms with Gasteiger partial charge in [-0.05, 0) is 19.1 Å². The maximum atomic E-state index is 12.4. The second-order valence-corrected chi connectivity index (χ2v) is 7.26. The largest absolute Gasteiger partial charge is 0.481 e. The summed E-state index contributed by atoms with van der Waals surface area (Å²) < 4.78 is 23.3. The molecule has 21 heavy (non-hydrogen) atoms. The molecule has 1 amide bonds. The first-order chi connectivity index (χ1) is 9.78. The first-order valence-corrected chi connectivity index (χ1v) is 8.27. The summed E-state index contributed by atoms with van der Waals surface area (Å²) in [6.07, 6.45) is -0.392. The third kappa shape index (κ3) is 3.78. The Labute approximate surface area is 122 Å². The molecule has 0 aliphatic carbocycles. The number of carboxylic acid groups (broad SMARTS) is 1. The van der Waals surface area contributed by atoms with E-state index in [2.05, 4.69) is 4.98 Å². The van der Waals surface area contributed by atoms with E-state index in [0.717, 1.165) is 0 Å². The number of carbonyl (C=O) groups excluding carboxylic acids is 1. The van der Waals surface area contributed by atoms with Gasteiger partial charge in [-0.25, -0.2) is 13.4 Å². The Morgan fingerprint density at radius 3 is 2.76 bits per heavy atom. The summed E-state index contributed by atoms with van der Waals surface area (Å²) in [4.78, 5) is 28.7. The van der Waals surface area contributed by atoms with Crippen molar-refractivity contribution in [3.8, 4) is 0 Å². The van der Waals surface area contributed by atoms with Crippen molar-refractivity contribution in [2.45, 2.75) is 19.4 Å². The van der Waals surface area contributed by atoms with Crippen molar-refractivity contribution in [3.05, 3.63) is 29.6 Å². The zero-order chi connectivity index (χ0) is 15.6. The molecule has 1 fully saturated rings. The van der Waals surface area contributed by atoms with Gasteiger partial charge in [-0.3, -0.25) is 9.59 Å². The summed E-state index contributed by atoms with van der Waals surface area (Å²) in [5.74, 6) is -2.04. The Balaban J connectivity index is 2.27. The van der Waals surface area contributed by atoms with Gasteiger partial charge < -0.3 is 10.0 Å². The molecule has 0 saturated carbocycles. The van der Waals surface area contributed by atoms with E-state index in [1.807, 2.05) is 0 Å². The zero-order valence-corrected chi connectivity index (χ0v) is 12.3. The van der Waals surface area contributed by atoms with Crippen molar-refractivity contribution in [3.63, 3.8) is 0 Å². The fraction of sp³-hybridized carbons (Fsp3) is 0.462. The average Bonchev–Trinajstić information content (AvgIpc) is 2.36. The van der Waals surface area contributed by atoms with Crippen LogP contribution in [0.1, 0.15) is 22.6 Å². The average molecular weight is 312 g/mol. The van der Waals surface area contributed by atoms with Gasteiger partial charge >= 0.3 is 5.97 Å². The number of sulfone groups is 1. The Hall–Kier alpha value is -1.96. The van der Waals surface area contributed by atoms with Gasteiger partial charge in [0.1, 0.15) is 5.69 Å². The van der Waals surface area contributed by atoms with E-state index in [-0.39, 0.29) is 23.7 Å². The number of aliphatic carboxylic acids is 1. The van der Waals surface area contributed by atoms with Crippen LogP contribution in [0, 0.1) is 6.92 Å². The molecule has 2 heterocycles. The van der Waals surface area contributed by atoms with Crippen molar-refractivity contribution in [2.24, 2.45) is 0 Å². The predicted molar refractivity (Wildman–Crippen MR) is 74.7 cm³/mol. The van der Waals surface area contributed by atoms with Crippen LogP contribution in [0.3, 0.4) is 0 Å². The SMILES string of the molecule is Cc1cccc(C(=O)N2CCS(=O)(=O)CC2CC(=O)O)n1. The molecule has 1 aromatic rings. The van der Waals surface area contributed by atoms with Gasteiger partial charge in [0, 0.05) is 12.2 Å². The van der Waals surface area contributed by atoms with Gasteiger partial charge in [0.15, 0.2) is 9.84 Å². The monoisotopic (exact) mass is 312 g/mol. The molecule has 0 spiro atoms. The number of aromatic nitrogens is 1. The molecule has 1 aliphatic heterocycles. The fourth-order valence-electron chi connectivity index (χ4n) is 2.33. The number of amides is 1. The van der Waals surface area contributed by atoms with Crippen molar-refractivity contribution in [1.29, 1.82) is 0 Å². The lowest BCUT2D eigenvalue weighted by Gasteiger charge is -2.34. The first-order valence-electron chi connectivity index (χ1n) is 6.45. The number of carbonyl (C=O) groups is 2. The molecule has 0 bridgehead atoms. The summed E-state index contributed by atoms with van der Waals surface area (Å²) in [7, 11) is -3.31.